The summed E-state index contributed by atoms with van der Waals surface area (Å²) in [5, 5.41) is 9.97. The first kappa shape index (κ1) is 15.8. The molecular weight excluding hydrogens is 272 g/mol. The lowest BCUT2D eigenvalue weighted by Gasteiger charge is -2.25. The molecular formula is C15H22N2O4. The maximum absolute atomic E-state index is 12.1. The summed E-state index contributed by atoms with van der Waals surface area (Å²) in [6.45, 7) is 1.19. The number of nitrogens with zero attached hydrogens (tertiary/aromatic N) is 1. The molecule has 0 spiro atoms. The number of rotatable bonds is 4. The van der Waals surface area contributed by atoms with Gasteiger partial charge < -0.3 is 19.6 Å². The molecule has 116 valence electrons. The van der Waals surface area contributed by atoms with Crippen molar-refractivity contribution in [2.75, 3.05) is 20.2 Å². The van der Waals surface area contributed by atoms with Crippen LogP contribution in [0.15, 0.2) is 30.3 Å². The number of hydrogen-bond donors (Lipinski definition) is 2. The van der Waals surface area contributed by atoms with Crippen LogP contribution in [0.1, 0.15) is 18.4 Å². The number of amides is 1. The van der Waals surface area contributed by atoms with E-state index in [4.69, 9.17) is 9.57 Å². The maximum atomic E-state index is 12.1. The van der Waals surface area contributed by atoms with Crippen molar-refractivity contribution < 1.29 is 19.5 Å². The minimum atomic E-state index is -0.531. The van der Waals surface area contributed by atoms with Crippen molar-refractivity contribution in [3.05, 3.63) is 35.9 Å². The average molecular weight is 294 g/mol. The predicted molar refractivity (Wildman–Crippen MR) is 77.4 cm³/mol. The van der Waals surface area contributed by atoms with E-state index in [-0.39, 0.29) is 18.7 Å². The molecule has 1 aliphatic heterocycles. The quantitative estimate of drug-likeness (QED) is 0.819. The zero-order chi connectivity index (χ0) is 15.1. The van der Waals surface area contributed by atoms with E-state index in [1.54, 1.807) is 4.90 Å². The molecule has 1 fully saturated rings. The molecule has 2 atom stereocenters. The van der Waals surface area contributed by atoms with Crippen molar-refractivity contribution in [3.8, 4) is 0 Å². The van der Waals surface area contributed by atoms with Crippen LogP contribution in [0, 0.1) is 0 Å². The van der Waals surface area contributed by atoms with Gasteiger partial charge in [0.25, 0.3) is 0 Å². The van der Waals surface area contributed by atoms with Gasteiger partial charge in [0.05, 0.1) is 19.3 Å². The van der Waals surface area contributed by atoms with Crippen LogP contribution < -0.4 is 5.48 Å². The molecule has 0 saturated carbocycles. The normalized spacial score (nSPS) is 22.7. The molecule has 2 N–H and O–H groups in total. The Morgan fingerprint density at radius 1 is 1.43 bits per heavy atom. The van der Waals surface area contributed by atoms with Crippen molar-refractivity contribution in [1.29, 1.82) is 0 Å². The molecule has 0 aliphatic carbocycles. The van der Waals surface area contributed by atoms with E-state index in [0.29, 0.717) is 19.5 Å². The maximum Gasteiger partial charge on any atom is 0.410 e. The summed E-state index contributed by atoms with van der Waals surface area (Å²) < 4.78 is 5.32. The van der Waals surface area contributed by atoms with Crippen LogP contribution in [-0.4, -0.2) is 48.4 Å². The second kappa shape index (κ2) is 7.97. The molecule has 0 unspecified atom stereocenters. The van der Waals surface area contributed by atoms with Crippen LogP contribution in [-0.2, 0) is 16.2 Å². The second-order valence-electron chi connectivity index (χ2n) is 5.12. The SMILES string of the molecule is CON[C@H]1CN(C(=O)OCc2ccccc2)CCC[C@H]1O. The van der Waals surface area contributed by atoms with E-state index in [9.17, 15) is 9.90 Å². The minimum absolute atomic E-state index is 0.251. The molecule has 0 radical (unpaired) electrons. The fourth-order valence-corrected chi connectivity index (χ4v) is 2.39. The molecule has 6 nitrogen and oxygen atoms in total. The summed E-state index contributed by atoms with van der Waals surface area (Å²) in [7, 11) is 1.50. The van der Waals surface area contributed by atoms with Gasteiger partial charge in [-0.25, -0.2) is 4.79 Å². The molecule has 21 heavy (non-hydrogen) atoms. The molecule has 6 heteroatoms. The first-order valence-electron chi connectivity index (χ1n) is 7.13. The smallest absolute Gasteiger partial charge is 0.410 e. The summed E-state index contributed by atoms with van der Waals surface area (Å²) >= 11 is 0. The van der Waals surface area contributed by atoms with Crippen LogP contribution in [0.4, 0.5) is 4.79 Å². The van der Waals surface area contributed by atoms with E-state index in [0.717, 1.165) is 12.0 Å². The predicted octanol–water partition coefficient (Wildman–Crippen LogP) is 1.30. The van der Waals surface area contributed by atoms with Crippen LogP contribution in [0.25, 0.3) is 0 Å². The third-order valence-electron chi connectivity index (χ3n) is 3.54. The monoisotopic (exact) mass is 294 g/mol. The Bertz CT molecular complexity index is 441. The zero-order valence-electron chi connectivity index (χ0n) is 12.2. The lowest BCUT2D eigenvalue weighted by molar-refractivity contribution is -0.00104. The number of nitrogens with one attached hydrogen (secondary N) is 1. The van der Waals surface area contributed by atoms with Gasteiger partial charge in [-0.3, -0.25) is 0 Å². The van der Waals surface area contributed by atoms with Crippen LogP contribution in [0.3, 0.4) is 0 Å². The van der Waals surface area contributed by atoms with E-state index in [2.05, 4.69) is 5.48 Å². The van der Waals surface area contributed by atoms with Gasteiger partial charge in [0.2, 0.25) is 0 Å². The third-order valence-corrected chi connectivity index (χ3v) is 3.54. The van der Waals surface area contributed by atoms with Gasteiger partial charge in [-0.1, -0.05) is 30.3 Å². The molecule has 1 aliphatic rings. The first-order chi connectivity index (χ1) is 10.2. The average Bonchev–Trinajstić information content (AvgIpc) is 2.69. The molecule has 0 bridgehead atoms. The van der Waals surface area contributed by atoms with Gasteiger partial charge >= 0.3 is 6.09 Å². The highest BCUT2D eigenvalue weighted by Crippen LogP contribution is 2.13. The van der Waals surface area contributed by atoms with Crippen molar-refractivity contribution in [1.82, 2.24) is 10.4 Å². The van der Waals surface area contributed by atoms with Gasteiger partial charge in [-0.2, -0.15) is 5.48 Å². The van der Waals surface area contributed by atoms with E-state index in [1.165, 1.54) is 7.11 Å². The highest BCUT2D eigenvalue weighted by Gasteiger charge is 2.28. The number of aliphatic hydroxyl groups excluding tert-OH is 1. The largest absolute Gasteiger partial charge is 0.445 e. The topological polar surface area (TPSA) is 71.0 Å². The Labute approximate surface area is 124 Å². The molecule has 1 aromatic rings. The van der Waals surface area contributed by atoms with E-state index in [1.807, 2.05) is 30.3 Å². The summed E-state index contributed by atoms with van der Waals surface area (Å²) in [5.74, 6) is 0. The minimum Gasteiger partial charge on any atom is -0.445 e. The number of aliphatic hydroxyl groups is 1. The molecule has 1 amide bonds. The number of benzene rings is 1. The Hall–Kier alpha value is -1.63. The Kier molecular flexibility index (Phi) is 5.98. The Balaban J connectivity index is 1.88. The van der Waals surface area contributed by atoms with E-state index >= 15 is 0 Å². The highest BCUT2D eigenvalue weighted by molar-refractivity contribution is 5.67. The molecule has 2 rings (SSSR count). The first-order valence-corrected chi connectivity index (χ1v) is 7.13. The number of ether oxygens (including phenoxy) is 1. The summed E-state index contributed by atoms with van der Waals surface area (Å²) in [6.07, 6.45) is 0.472. The van der Waals surface area contributed by atoms with Crippen molar-refractivity contribution >= 4 is 6.09 Å². The van der Waals surface area contributed by atoms with Crippen molar-refractivity contribution in [2.45, 2.75) is 31.6 Å². The second-order valence-corrected chi connectivity index (χ2v) is 5.12. The lowest BCUT2D eigenvalue weighted by Crippen LogP contribution is -2.47. The van der Waals surface area contributed by atoms with Gasteiger partial charge in [0.1, 0.15) is 6.61 Å². The Morgan fingerprint density at radius 3 is 2.90 bits per heavy atom. The van der Waals surface area contributed by atoms with Crippen LogP contribution in [0.2, 0.25) is 0 Å². The number of hydroxylamine groups is 1. The van der Waals surface area contributed by atoms with Crippen LogP contribution >= 0.6 is 0 Å². The molecule has 0 aromatic heterocycles. The summed E-state index contributed by atoms with van der Waals surface area (Å²) in [5.41, 5.74) is 3.68. The number of carbonyl (C=O) groups excluding carboxylic acids is 1. The van der Waals surface area contributed by atoms with Crippen LogP contribution in [0.5, 0.6) is 0 Å². The summed E-state index contributed by atoms with van der Waals surface area (Å²) in [6, 6.07) is 9.25. The van der Waals surface area contributed by atoms with Crippen molar-refractivity contribution in [2.24, 2.45) is 0 Å². The lowest BCUT2D eigenvalue weighted by atomic mass is 10.1. The van der Waals surface area contributed by atoms with Crippen molar-refractivity contribution in [3.63, 3.8) is 0 Å². The van der Waals surface area contributed by atoms with Gasteiger partial charge in [0, 0.05) is 13.1 Å². The standard InChI is InChI=1S/C15H22N2O4/c1-20-16-13-10-17(9-5-8-14(13)18)15(19)21-11-12-6-3-2-4-7-12/h2-4,6-7,13-14,16,18H,5,8-11H2,1H3/t13-,14+/m0/s1. The molecule has 1 heterocycles. The number of likely N-dealkylation sites (tertiary alicyclic amines) is 1. The summed E-state index contributed by atoms with van der Waals surface area (Å²) in [4.78, 5) is 18.6. The molecule has 1 saturated heterocycles. The van der Waals surface area contributed by atoms with Gasteiger partial charge in [-0.15, -0.1) is 0 Å². The molecule has 1 aromatic carbocycles. The Morgan fingerprint density at radius 2 is 2.19 bits per heavy atom. The van der Waals surface area contributed by atoms with Gasteiger partial charge in [-0.05, 0) is 18.4 Å². The number of carbonyl (C=O) groups is 1. The fraction of sp³-hybridized carbons (Fsp3) is 0.533. The highest BCUT2D eigenvalue weighted by atomic mass is 16.6. The van der Waals surface area contributed by atoms with E-state index < -0.39 is 6.10 Å². The third kappa shape index (κ3) is 4.70. The number of hydrogen-bond acceptors (Lipinski definition) is 5. The van der Waals surface area contributed by atoms with Gasteiger partial charge in [0.15, 0.2) is 0 Å². The zero-order valence-corrected chi connectivity index (χ0v) is 12.2. The fourth-order valence-electron chi connectivity index (χ4n) is 2.39.